The van der Waals surface area contributed by atoms with Crippen molar-refractivity contribution < 1.29 is 73.9 Å². The predicted molar refractivity (Wildman–Crippen MR) is 39.3 cm³/mol. The summed E-state index contributed by atoms with van der Waals surface area (Å²) >= 11 is 0. The topological polar surface area (TPSA) is 83.5 Å². The third-order valence-corrected chi connectivity index (χ3v) is 1.79. The zero-order valence-electron chi connectivity index (χ0n) is 7.52. The summed E-state index contributed by atoms with van der Waals surface area (Å²) < 4.78 is 25.7. The van der Waals surface area contributed by atoms with E-state index in [1.807, 2.05) is 0 Å². The summed E-state index contributed by atoms with van der Waals surface area (Å²) in [6.07, 6.45) is 0.948. The first kappa shape index (κ1) is 16.2. The quantitative estimate of drug-likeness (QED) is 0.274. The van der Waals surface area contributed by atoms with E-state index in [1.165, 1.54) is 0 Å². The van der Waals surface area contributed by atoms with Gasteiger partial charge in [-0.3, -0.25) is 4.18 Å². The van der Waals surface area contributed by atoms with E-state index in [0.29, 0.717) is 17.9 Å². The summed E-state index contributed by atoms with van der Waals surface area (Å²) in [5.41, 5.74) is 0. The molecule has 0 aliphatic heterocycles. The maximum Gasteiger partial charge on any atom is 1.00 e. The number of hydrogen-bond donors (Lipinski definition) is 0. The molecule has 0 heterocycles. The second-order valence-corrected chi connectivity index (χ2v) is 3.43. The largest absolute Gasteiger partial charge is 1.00 e. The SMILES string of the molecule is CCCOS(=O)(=O)C=CC(=O)[O-].[K+]. The van der Waals surface area contributed by atoms with E-state index in [0.717, 1.165) is 0 Å². The molecular weight excluding hydrogens is 223 g/mol. The van der Waals surface area contributed by atoms with Gasteiger partial charge in [-0.05, 0) is 12.5 Å². The fourth-order valence-electron chi connectivity index (χ4n) is 0.378. The average molecular weight is 232 g/mol. The van der Waals surface area contributed by atoms with Gasteiger partial charge in [0.25, 0.3) is 10.1 Å². The molecule has 0 saturated heterocycles. The van der Waals surface area contributed by atoms with E-state index in [1.54, 1.807) is 6.92 Å². The molecule has 0 bridgehead atoms. The molecule has 0 aromatic carbocycles. The van der Waals surface area contributed by atoms with Crippen molar-refractivity contribution >= 4 is 16.1 Å². The summed E-state index contributed by atoms with van der Waals surface area (Å²) in [5, 5.41) is 10.3. The minimum Gasteiger partial charge on any atom is -0.545 e. The van der Waals surface area contributed by atoms with E-state index in [4.69, 9.17) is 0 Å². The fourth-order valence-corrected chi connectivity index (χ4v) is 1.13. The second kappa shape index (κ2) is 8.10. The normalized spacial score (nSPS) is 11.2. The Labute approximate surface area is 120 Å². The fraction of sp³-hybridized carbons (Fsp3) is 0.500. The van der Waals surface area contributed by atoms with Crippen LogP contribution in [-0.4, -0.2) is 21.0 Å². The Balaban J connectivity index is 0. The molecule has 13 heavy (non-hydrogen) atoms. The number of carboxylic acids is 1. The maximum absolute atomic E-state index is 10.7. The third kappa shape index (κ3) is 10.7. The van der Waals surface area contributed by atoms with Gasteiger partial charge in [0.15, 0.2) is 0 Å². The Hall–Kier alpha value is 0.756. The number of aliphatic carboxylic acids is 1. The van der Waals surface area contributed by atoms with E-state index in [2.05, 4.69) is 4.18 Å². The molecule has 0 saturated carbocycles. The molecule has 0 aromatic rings. The number of carbonyl (C=O) groups excluding carboxylic acids is 1. The van der Waals surface area contributed by atoms with Gasteiger partial charge in [0.1, 0.15) is 0 Å². The van der Waals surface area contributed by atoms with Crippen molar-refractivity contribution in [2.45, 2.75) is 13.3 Å². The monoisotopic (exact) mass is 232 g/mol. The first-order valence-electron chi connectivity index (χ1n) is 3.26. The van der Waals surface area contributed by atoms with Crippen molar-refractivity contribution in [3.05, 3.63) is 11.5 Å². The van der Waals surface area contributed by atoms with Crippen LogP contribution in [-0.2, 0) is 19.1 Å². The van der Waals surface area contributed by atoms with Crippen LogP contribution in [0.3, 0.4) is 0 Å². The third-order valence-electron chi connectivity index (χ3n) is 0.823. The van der Waals surface area contributed by atoms with Crippen molar-refractivity contribution in [1.29, 1.82) is 0 Å². The predicted octanol–water partition coefficient (Wildman–Crippen LogP) is -3.99. The van der Waals surface area contributed by atoms with Gasteiger partial charge < -0.3 is 9.90 Å². The van der Waals surface area contributed by atoms with E-state index in [-0.39, 0.29) is 58.0 Å². The van der Waals surface area contributed by atoms with Gasteiger partial charge in [0, 0.05) is 0 Å². The molecule has 0 amide bonds. The molecule has 0 aromatic heterocycles. The smallest absolute Gasteiger partial charge is 0.545 e. The molecule has 70 valence electrons. The molecule has 7 heteroatoms. The molecule has 0 spiro atoms. The van der Waals surface area contributed by atoms with Crippen LogP contribution >= 0.6 is 0 Å². The van der Waals surface area contributed by atoms with Gasteiger partial charge in [0.2, 0.25) is 0 Å². The van der Waals surface area contributed by atoms with Gasteiger partial charge in [-0.15, -0.1) is 0 Å². The Morgan fingerprint density at radius 3 is 2.46 bits per heavy atom. The minimum atomic E-state index is -3.84. The van der Waals surface area contributed by atoms with Crippen molar-refractivity contribution in [2.24, 2.45) is 0 Å². The number of carboxylic acid groups (broad SMARTS) is 1. The van der Waals surface area contributed by atoms with Crippen LogP contribution in [0, 0.1) is 0 Å². The maximum atomic E-state index is 10.7. The van der Waals surface area contributed by atoms with Crippen LogP contribution in [0.1, 0.15) is 13.3 Å². The molecule has 0 atom stereocenters. The van der Waals surface area contributed by atoms with Crippen LogP contribution in [0.15, 0.2) is 11.5 Å². The molecule has 0 radical (unpaired) electrons. The van der Waals surface area contributed by atoms with Gasteiger partial charge in [-0.1, -0.05) is 6.92 Å². The zero-order valence-corrected chi connectivity index (χ0v) is 11.5. The molecule has 5 nitrogen and oxygen atoms in total. The van der Waals surface area contributed by atoms with Crippen molar-refractivity contribution in [3.63, 3.8) is 0 Å². The van der Waals surface area contributed by atoms with Crippen LogP contribution in [0.5, 0.6) is 0 Å². The zero-order chi connectivity index (χ0) is 9.61. The standard InChI is InChI=1S/C6H10O5S.K/c1-2-4-11-12(9,10)5-3-6(7)8;/h3,5H,2,4H2,1H3,(H,7,8);/q;+1/p-1. The van der Waals surface area contributed by atoms with Gasteiger partial charge in [0.05, 0.1) is 18.0 Å². The van der Waals surface area contributed by atoms with Crippen molar-refractivity contribution in [1.82, 2.24) is 0 Å². The Morgan fingerprint density at radius 2 is 2.08 bits per heavy atom. The van der Waals surface area contributed by atoms with E-state index in [9.17, 15) is 18.3 Å². The number of carbonyl (C=O) groups is 1. The number of rotatable bonds is 5. The Bertz CT molecular complexity index is 269. The Kier molecular flexibility index (Phi) is 10.1. The average Bonchev–Trinajstić information content (AvgIpc) is 1.98. The van der Waals surface area contributed by atoms with Crippen molar-refractivity contribution in [2.75, 3.05) is 6.61 Å². The van der Waals surface area contributed by atoms with Crippen LogP contribution in [0.2, 0.25) is 0 Å². The van der Waals surface area contributed by atoms with E-state index >= 15 is 0 Å². The number of hydrogen-bond acceptors (Lipinski definition) is 5. The van der Waals surface area contributed by atoms with Crippen molar-refractivity contribution in [3.8, 4) is 0 Å². The Morgan fingerprint density at radius 1 is 1.54 bits per heavy atom. The summed E-state index contributed by atoms with van der Waals surface area (Å²) in [6, 6.07) is 0. The summed E-state index contributed by atoms with van der Waals surface area (Å²) in [6.45, 7) is 1.78. The van der Waals surface area contributed by atoms with Gasteiger partial charge in [-0.25, -0.2) is 0 Å². The van der Waals surface area contributed by atoms with Gasteiger partial charge in [-0.2, -0.15) is 8.42 Å². The van der Waals surface area contributed by atoms with Crippen LogP contribution in [0.25, 0.3) is 0 Å². The van der Waals surface area contributed by atoms with E-state index < -0.39 is 16.1 Å². The second-order valence-electron chi connectivity index (χ2n) is 1.94. The molecule has 0 rings (SSSR count). The first-order chi connectivity index (χ1) is 5.48. The van der Waals surface area contributed by atoms with Gasteiger partial charge >= 0.3 is 51.4 Å². The van der Waals surface area contributed by atoms with Crippen LogP contribution in [0.4, 0.5) is 0 Å². The van der Waals surface area contributed by atoms with Crippen LogP contribution < -0.4 is 56.5 Å². The molecular formula is C6H9KO5S. The summed E-state index contributed by atoms with van der Waals surface area (Å²) in [7, 11) is -3.84. The molecule has 0 unspecified atom stereocenters. The minimum absolute atomic E-state index is 0. The molecule has 0 fully saturated rings. The molecule has 0 aliphatic carbocycles. The summed E-state index contributed by atoms with van der Waals surface area (Å²) in [5.74, 6) is -1.57. The molecule has 0 N–H and O–H groups in total. The molecule has 0 aliphatic rings. The summed E-state index contributed by atoms with van der Waals surface area (Å²) in [4.78, 5) is 9.80. The first-order valence-corrected chi connectivity index (χ1v) is 4.73.